The van der Waals surface area contributed by atoms with Crippen LogP contribution in [-0.4, -0.2) is 22.7 Å². The lowest BCUT2D eigenvalue weighted by atomic mass is 10.1. The van der Waals surface area contributed by atoms with Crippen molar-refractivity contribution in [2.75, 3.05) is 11.1 Å². The molecule has 0 spiro atoms. The van der Waals surface area contributed by atoms with Crippen molar-refractivity contribution in [1.82, 2.24) is 5.16 Å². The van der Waals surface area contributed by atoms with Crippen LogP contribution in [0.2, 0.25) is 0 Å². The van der Waals surface area contributed by atoms with Gasteiger partial charge in [0.25, 0.3) is 0 Å². The number of anilines is 1. The Bertz CT molecular complexity index is 721. The van der Waals surface area contributed by atoms with Crippen LogP contribution in [-0.2, 0) is 10.5 Å². The summed E-state index contributed by atoms with van der Waals surface area (Å²) < 4.78 is 5.09. The van der Waals surface area contributed by atoms with E-state index in [9.17, 15) is 9.59 Å². The number of benzene rings is 1. The van der Waals surface area contributed by atoms with Crippen LogP contribution < -0.4 is 11.1 Å². The summed E-state index contributed by atoms with van der Waals surface area (Å²) >= 11 is 1.48. The first kappa shape index (κ1) is 17.1. The maximum Gasteiger partial charge on any atom is 0.249 e. The van der Waals surface area contributed by atoms with Crippen molar-refractivity contribution in [3.05, 3.63) is 46.3 Å². The summed E-state index contributed by atoms with van der Waals surface area (Å²) in [6.45, 7) is 5.49. The minimum Gasteiger partial charge on any atom is -0.366 e. The first-order chi connectivity index (χ1) is 10.9. The number of hydrogen-bond donors (Lipinski definition) is 2. The zero-order valence-corrected chi connectivity index (χ0v) is 14.1. The number of nitrogens with zero attached hydrogens (tertiary/aromatic N) is 1. The summed E-state index contributed by atoms with van der Waals surface area (Å²) in [5.74, 6) is 1.09. The van der Waals surface area contributed by atoms with Gasteiger partial charge < -0.3 is 15.6 Å². The molecule has 0 fully saturated rings. The maximum atomic E-state index is 12.1. The van der Waals surface area contributed by atoms with Gasteiger partial charge in [-0.05, 0) is 38.5 Å². The zero-order chi connectivity index (χ0) is 17.0. The van der Waals surface area contributed by atoms with Crippen molar-refractivity contribution in [2.24, 2.45) is 5.73 Å². The molecule has 0 saturated carbocycles. The van der Waals surface area contributed by atoms with Gasteiger partial charge in [-0.25, -0.2) is 0 Å². The SMILES string of the molecule is Cc1noc(C)c1CSCC(=O)Nc1cccc(C(N)=O)c1C. The maximum absolute atomic E-state index is 12.1. The summed E-state index contributed by atoms with van der Waals surface area (Å²) in [4.78, 5) is 23.4. The molecule has 0 aliphatic heterocycles. The summed E-state index contributed by atoms with van der Waals surface area (Å²) in [6.07, 6.45) is 0. The molecule has 122 valence electrons. The standard InChI is InChI=1S/C16H19N3O3S/c1-9-12(16(17)21)5-4-6-14(9)18-15(20)8-23-7-13-10(2)19-22-11(13)3/h4-6H,7-8H2,1-3H3,(H2,17,21)(H,18,20). The summed E-state index contributed by atoms with van der Waals surface area (Å²) in [6, 6.07) is 5.08. The Hall–Kier alpha value is -2.28. The minimum atomic E-state index is -0.508. The van der Waals surface area contributed by atoms with E-state index in [-0.39, 0.29) is 5.91 Å². The molecular formula is C16H19N3O3S. The average Bonchev–Trinajstić information content (AvgIpc) is 2.81. The Morgan fingerprint density at radius 2 is 2.04 bits per heavy atom. The number of primary amides is 1. The summed E-state index contributed by atoms with van der Waals surface area (Å²) in [5, 5.41) is 6.69. The molecule has 7 heteroatoms. The van der Waals surface area contributed by atoms with Crippen molar-refractivity contribution in [1.29, 1.82) is 0 Å². The Morgan fingerprint density at radius 3 is 2.65 bits per heavy atom. The van der Waals surface area contributed by atoms with Gasteiger partial charge in [0.05, 0.1) is 11.4 Å². The van der Waals surface area contributed by atoms with Crippen molar-refractivity contribution < 1.29 is 14.1 Å². The molecule has 0 saturated heterocycles. The van der Waals surface area contributed by atoms with Crippen molar-refractivity contribution in [3.63, 3.8) is 0 Å². The fourth-order valence-electron chi connectivity index (χ4n) is 2.18. The van der Waals surface area contributed by atoms with Gasteiger partial charge in [-0.15, -0.1) is 11.8 Å². The van der Waals surface area contributed by atoms with Crippen LogP contribution in [0, 0.1) is 20.8 Å². The van der Waals surface area contributed by atoms with Gasteiger partial charge in [-0.3, -0.25) is 9.59 Å². The lowest BCUT2D eigenvalue weighted by Gasteiger charge is -2.10. The van der Waals surface area contributed by atoms with Crippen LogP contribution in [0.3, 0.4) is 0 Å². The largest absolute Gasteiger partial charge is 0.366 e. The van der Waals surface area contributed by atoms with Gasteiger partial charge in [0, 0.05) is 22.6 Å². The molecule has 2 rings (SSSR count). The number of nitrogens with one attached hydrogen (secondary N) is 1. The molecule has 0 radical (unpaired) electrons. The van der Waals surface area contributed by atoms with E-state index in [0.717, 1.165) is 17.0 Å². The smallest absolute Gasteiger partial charge is 0.249 e. The van der Waals surface area contributed by atoms with Gasteiger partial charge in [-0.2, -0.15) is 0 Å². The Kier molecular flexibility index (Phi) is 5.44. The number of carbonyl (C=O) groups excluding carboxylic acids is 2. The molecule has 1 aromatic heterocycles. The van der Waals surface area contributed by atoms with E-state index in [1.165, 1.54) is 11.8 Å². The second-order valence-electron chi connectivity index (χ2n) is 5.19. The number of nitrogens with two attached hydrogens (primary N) is 1. The van der Waals surface area contributed by atoms with E-state index in [0.29, 0.717) is 28.3 Å². The molecule has 1 aromatic carbocycles. The van der Waals surface area contributed by atoms with Crippen molar-refractivity contribution >= 4 is 29.3 Å². The fraction of sp³-hybridized carbons (Fsp3) is 0.312. The van der Waals surface area contributed by atoms with Gasteiger partial charge in [0.15, 0.2) is 0 Å². The molecule has 23 heavy (non-hydrogen) atoms. The van der Waals surface area contributed by atoms with Crippen LogP contribution >= 0.6 is 11.8 Å². The minimum absolute atomic E-state index is 0.133. The van der Waals surface area contributed by atoms with Crippen LogP contribution in [0.15, 0.2) is 22.7 Å². The van der Waals surface area contributed by atoms with Gasteiger partial charge in [-0.1, -0.05) is 11.2 Å². The predicted octanol–water partition coefficient (Wildman–Crippen LogP) is 2.57. The fourth-order valence-corrected chi connectivity index (χ4v) is 3.15. The van der Waals surface area contributed by atoms with E-state index in [4.69, 9.17) is 10.3 Å². The number of aromatic nitrogens is 1. The molecular weight excluding hydrogens is 314 g/mol. The van der Waals surface area contributed by atoms with Crippen LogP contribution in [0.25, 0.3) is 0 Å². The normalized spacial score (nSPS) is 10.6. The number of rotatable bonds is 6. The lowest BCUT2D eigenvalue weighted by Crippen LogP contribution is -2.18. The number of hydrogen-bond acceptors (Lipinski definition) is 5. The Balaban J connectivity index is 1.93. The predicted molar refractivity (Wildman–Crippen MR) is 90.5 cm³/mol. The second kappa shape index (κ2) is 7.32. The first-order valence-electron chi connectivity index (χ1n) is 7.09. The average molecular weight is 333 g/mol. The highest BCUT2D eigenvalue weighted by atomic mass is 32.2. The highest BCUT2D eigenvalue weighted by Gasteiger charge is 2.12. The van der Waals surface area contributed by atoms with E-state index in [2.05, 4.69) is 10.5 Å². The third-order valence-corrected chi connectivity index (χ3v) is 4.49. The van der Waals surface area contributed by atoms with Crippen molar-refractivity contribution in [2.45, 2.75) is 26.5 Å². The summed E-state index contributed by atoms with van der Waals surface area (Å²) in [5.41, 5.74) is 8.86. The monoisotopic (exact) mass is 333 g/mol. The molecule has 0 aliphatic carbocycles. The molecule has 2 amide bonds. The zero-order valence-electron chi connectivity index (χ0n) is 13.3. The van der Waals surface area contributed by atoms with Gasteiger partial charge in [0.1, 0.15) is 5.76 Å². The summed E-state index contributed by atoms with van der Waals surface area (Å²) in [7, 11) is 0. The van der Waals surface area contributed by atoms with E-state index < -0.39 is 5.91 Å². The van der Waals surface area contributed by atoms with Crippen LogP contribution in [0.5, 0.6) is 0 Å². The molecule has 6 nitrogen and oxygen atoms in total. The second-order valence-corrected chi connectivity index (χ2v) is 6.17. The van der Waals surface area contributed by atoms with E-state index in [1.54, 1.807) is 25.1 Å². The molecule has 2 aromatic rings. The van der Waals surface area contributed by atoms with E-state index in [1.807, 2.05) is 13.8 Å². The first-order valence-corrected chi connectivity index (χ1v) is 8.24. The van der Waals surface area contributed by atoms with Gasteiger partial charge >= 0.3 is 0 Å². The lowest BCUT2D eigenvalue weighted by molar-refractivity contribution is -0.113. The number of amides is 2. The third-order valence-electron chi connectivity index (χ3n) is 3.53. The van der Waals surface area contributed by atoms with Gasteiger partial charge in [0.2, 0.25) is 11.8 Å². The highest BCUT2D eigenvalue weighted by Crippen LogP contribution is 2.21. The third kappa shape index (κ3) is 4.13. The topological polar surface area (TPSA) is 98.2 Å². The van der Waals surface area contributed by atoms with Crippen molar-refractivity contribution in [3.8, 4) is 0 Å². The number of aryl methyl sites for hydroxylation is 2. The number of carbonyl (C=O) groups is 2. The van der Waals surface area contributed by atoms with Crippen LogP contribution in [0.1, 0.15) is 32.9 Å². The number of thioether (sulfide) groups is 1. The Labute approximate surface area is 138 Å². The van der Waals surface area contributed by atoms with E-state index >= 15 is 0 Å². The van der Waals surface area contributed by atoms with Crippen LogP contribution in [0.4, 0.5) is 5.69 Å². The molecule has 1 heterocycles. The molecule has 0 atom stereocenters. The quantitative estimate of drug-likeness (QED) is 0.846. The molecule has 0 unspecified atom stereocenters. The Morgan fingerprint density at radius 1 is 1.30 bits per heavy atom. The molecule has 0 bridgehead atoms. The highest BCUT2D eigenvalue weighted by molar-refractivity contribution is 7.99. The molecule has 3 N–H and O–H groups in total. The molecule has 0 aliphatic rings.